The minimum absolute atomic E-state index is 0.156. The van der Waals surface area contributed by atoms with Crippen LogP contribution in [0.15, 0.2) is 72.8 Å². The van der Waals surface area contributed by atoms with Crippen molar-refractivity contribution in [2.75, 3.05) is 20.3 Å². The average Bonchev–Trinajstić information content (AvgIpc) is 2.84. The Bertz CT molecular complexity index is 1030. The van der Waals surface area contributed by atoms with Crippen molar-refractivity contribution < 1.29 is 28.5 Å². The fraction of sp³-hybridized carbons (Fsp3) is 0.321. The van der Waals surface area contributed by atoms with Gasteiger partial charge in [-0.25, -0.2) is 4.79 Å². The molecule has 180 valence electrons. The van der Waals surface area contributed by atoms with E-state index in [0.717, 1.165) is 34.1 Å². The summed E-state index contributed by atoms with van der Waals surface area (Å²) in [6, 6.07) is 23.0. The van der Waals surface area contributed by atoms with Gasteiger partial charge in [-0.1, -0.05) is 30.3 Å². The molecule has 0 radical (unpaired) electrons. The monoisotopic (exact) mass is 464 g/mol. The van der Waals surface area contributed by atoms with Crippen LogP contribution in [-0.2, 0) is 20.7 Å². The van der Waals surface area contributed by atoms with Crippen LogP contribution in [-0.4, -0.2) is 38.5 Å². The minimum atomic E-state index is -0.619. The van der Waals surface area contributed by atoms with E-state index in [9.17, 15) is 4.79 Å². The highest BCUT2D eigenvalue weighted by molar-refractivity contribution is 5.75. The lowest BCUT2D eigenvalue weighted by Gasteiger charge is -2.18. The van der Waals surface area contributed by atoms with Crippen molar-refractivity contribution in [2.45, 2.75) is 39.4 Å². The van der Waals surface area contributed by atoms with Crippen molar-refractivity contribution in [1.29, 1.82) is 0 Å². The second-order valence-corrected chi connectivity index (χ2v) is 7.91. The van der Waals surface area contributed by atoms with Crippen LogP contribution < -0.4 is 14.2 Å². The topological polar surface area (TPSA) is 63.2 Å². The molecule has 3 aromatic carbocycles. The maximum absolute atomic E-state index is 11.9. The van der Waals surface area contributed by atoms with E-state index >= 15 is 0 Å². The molecule has 0 aromatic heterocycles. The Hall–Kier alpha value is -3.51. The molecule has 0 aliphatic heterocycles. The fourth-order valence-corrected chi connectivity index (χ4v) is 3.36. The van der Waals surface area contributed by atoms with E-state index < -0.39 is 6.10 Å². The Balaban J connectivity index is 1.49. The van der Waals surface area contributed by atoms with Gasteiger partial charge in [-0.2, -0.15) is 0 Å². The molecule has 0 saturated heterocycles. The molecule has 0 aliphatic carbocycles. The summed E-state index contributed by atoms with van der Waals surface area (Å²) < 4.78 is 28.1. The molecule has 6 heteroatoms. The first-order chi connectivity index (χ1) is 16.5. The molecular weight excluding hydrogens is 432 g/mol. The first-order valence-corrected chi connectivity index (χ1v) is 11.4. The Morgan fingerprint density at radius 2 is 1.62 bits per heavy atom. The highest BCUT2D eigenvalue weighted by Crippen LogP contribution is 2.27. The van der Waals surface area contributed by atoms with E-state index in [-0.39, 0.29) is 12.1 Å². The molecule has 0 N–H and O–H groups in total. The van der Waals surface area contributed by atoms with Crippen molar-refractivity contribution in [3.8, 4) is 23.0 Å². The molecule has 0 bridgehead atoms. The zero-order valence-electron chi connectivity index (χ0n) is 20.2. The van der Waals surface area contributed by atoms with Crippen molar-refractivity contribution in [3.63, 3.8) is 0 Å². The Morgan fingerprint density at radius 1 is 0.912 bits per heavy atom. The van der Waals surface area contributed by atoms with Crippen LogP contribution in [0, 0.1) is 6.92 Å². The van der Waals surface area contributed by atoms with Crippen LogP contribution in [0.1, 0.15) is 25.0 Å². The molecule has 0 unspecified atom stereocenters. The molecule has 0 saturated carbocycles. The van der Waals surface area contributed by atoms with Crippen molar-refractivity contribution >= 4 is 5.97 Å². The predicted octanol–water partition coefficient (Wildman–Crippen LogP) is 5.75. The van der Waals surface area contributed by atoms with E-state index in [0.29, 0.717) is 19.6 Å². The van der Waals surface area contributed by atoms with Gasteiger partial charge in [0.2, 0.25) is 0 Å². The number of methoxy groups -OCH3 is 1. The lowest BCUT2D eigenvalue weighted by Crippen LogP contribution is -2.27. The van der Waals surface area contributed by atoms with Gasteiger partial charge in [0.05, 0.1) is 6.61 Å². The number of aryl methyl sites for hydroxylation is 1. The van der Waals surface area contributed by atoms with E-state index in [4.69, 9.17) is 23.7 Å². The maximum atomic E-state index is 11.9. The first-order valence-electron chi connectivity index (χ1n) is 11.4. The third-order valence-corrected chi connectivity index (χ3v) is 5.11. The molecule has 0 amide bonds. The number of benzene rings is 3. The summed E-state index contributed by atoms with van der Waals surface area (Å²) in [5.74, 6) is 2.72. The number of para-hydroxylation sites is 1. The zero-order chi connectivity index (χ0) is 24.3. The molecule has 0 spiro atoms. The van der Waals surface area contributed by atoms with E-state index in [1.165, 1.54) is 7.11 Å². The highest BCUT2D eigenvalue weighted by Gasteiger charge is 2.19. The third kappa shape index (κ3) is 7.52. The van der Waals surface area contributed by atoms with Gasteiger partial charge in [0.15, 0.2) is 6.10 Å². The standard InChI is InChI=1S/C28H32O6/c1-5-31-28(29)27(30-4)18-22-11-13-24(14-12-22)33-21(3)19-32-26-16-15-25(17-20(26)2)34-23-9-7-6-8-10-23/h6-17,21,27H,5,18-19H2,1-4H3/t21-,27-/m0/s1. The summed E-state index contributed by atoms with van der Waals surface area (Å²) in [4.78, 5) is 11.9. The quantitative estimate of drug-likeness (QED) is 0.318. The Labute approximate surface area is 201 Å². The molecule has 2 atom stereocenters. The molecule has 3 rings (SSSR count). The van der Waals surface area contributed by atoms with E-state index in [2.05, 4.69) is 0 Å². The first kappa shape index (κ1) is 25.1. The summed E-state index contributed by atoms with van der Waals surface area (Å²) in [5.41, 5.74) is 1.95. The van der Waals surface area contributed by atoms with Crippen molar-refractivity contribution in [3.05, 3.63) is 83.9 Å². The van der Waals surface area contributed by atoms with Crippen LogP contribution in [0.3, 0.4) is 0 Å². The average molecular weight is 465 g/mol. The zero-order valence-corrected chi connectivity index (χ0v) is 20.2. The van der Waals surface area contributed by atoms with Gasteiger partial charge >= 0.3 is 5.97 Å². The molecule has 0 fully saturated rings. The van der Waals surface area contributed by atoms with Crippen LogP contribution >= 0.6 is 0 Å². The number of carbonyl (C=O) groups excluding carboxylic acids is 1. The summed E-state index contributed by atoms with van der Waals surface area (Å²) in [6.07, 6.45) is -0.333. The molecule has 34 heavy (non-hydrogen) atoms. The van der Waals surface area contributed by atoms with Crippen molar-refractivity contribution in [2.24, 2.45) is 0 Å². The molecule has 6 nitrogen and oxygen atoms in total. The maximum Gasteiger partial charge on any atom is 0.335 e. The Morgan fingerprint density at radius 3 is 2.26 bits per heavy atom. The SMILES string of the molecule is CCOC(=O)[C@H](Cc1ccc(O[C@@H](C)COc2ccc(Oc3ccccc3)cc2C)cc1)OC. The van der Waals surface area contributed by atoms with Gasteiger partial charge < -0.3 is 23.7 Å². The minimum Gasteiger partial charge on any atom is -0.489 e. The molecular formula is C28H32O6. The fourth-order valence-electron chi connectivity index (χ4n) is 3.36. The van der Waals surface area contributed by atoms with Gasteiger partial charge in [-0.15, -0.1) is 0 Å². The Kier molecular flexibility index (Phi) is 9.35. The number of hydrogen-bond donors (Lipinski definition) is 0. The number of ether oxygens (including phenoxy) is 5. The van der Waals surface area contributed by atoms with E-state index in [1.807, 2.05) is 86.6 Å². The lowest BCUT2D eigenvalue weighted by molar-refractivity contribution is -0.154. The van der Waals surface area contributed by atoms with Gasteiger partial charge in [-0.05, 0) is 74.4 Å². The predicted molar refractivity (Wildman–Crippen MR) is 131 cm³/mol. The largest absolute Gasteiger partial charge is 0.489 e. The smallest absolute Gasteiger partial charge is 0.335 e. The van der Waals surface area contributed by atoms with Crippen LogP contribution in [0.5, 0.6) is 23.0 Å². The number of carbonyl (C=O) groups is 1. The van der Waals surface area contributed by atoms with Gasteiger partial charge in [0, 0.05) is 13.5 Å². The van der Waals surface area contributed by atoms with Crippen molar-refractivity contribution in [1.82, 2.24) is 0 Å². The summed E-state index contributed by atoms with van der Waals surface area (Å²) in [6.45, 7) is 6.45. The molecule has 0 heterocycles. The number of esters is 1. The van der Waals surface area contributed by atoms with Gasteiger partial charge in [-0.3, -0.25) is 0 Å². The summed E-state index contributed by atoms with van der Waals surface area (Å²) in [5, 5.41) is 0. The second-order valence-electron chi connectivity index (χ2n) is 7.91. The third-order valence-electron chi connectivity index (χ3n) is 5.11. The highest BCUT2D eigenvalue weighted by atomic mass is 16.6. The van der Waals surface area contributed by atoms with Gasteiger partial charge in [0.1, 0.15) is 35.7 Å². The summed E-state index contributed by atoms with van der Waals surface area (Å²) in [7, 11) is 1.51. The normalized spacial score (nSPS) is 12.5. The second kappa shape index (κ2) is 12.7. The molecule has 0 aliphatic rings. The summed E-state index contributed by atoms with van der Waals surface area (Å²) >= 11 is 0. The van der Waals surface area contributed by atoms with Crippen LogP contribution in [0.4, 0.5) is 0 Å². The number of rotatable bonds is 12. The van der Waals surface area contributed by atoms with Crippen LogP contribution in [0.2, 0.25) is 0 Å². The lowest BCUT2D eigenvalue weighted by atomic mass is 10.1. The number of hydrogen-bond acceptors (Lipinski definition) is 6. The molecule has 3 aromatic rings. The van der Waals surface area contributed by atoms with Crippen LogP contribution in [0.25, 0.3) is 0 Å². The van der Waals surface area contributed by atoms with E-state index in [1.54, 1.807) is 6.92 Å². The van der Waals surface area contributed by atoms with Gasteiger partial charge in [0.25, 0.3) is 0 Å².